The van der Waals surface area contributed by atoms with E-state index in [1.165, 1.54) is 64.2 Å². The summed E-state index contributed by atoms with van der Waals surface area (Å²) in [6, 6.07) is 20.4. The van der Waals surface area contributed by atoms with Gasteiger partial charge in [-0.2, -0.15) is 0 Å². The van der Waals surface area contributed by atoms with Crippen molar-refractivity contribution in [2.45, 2.75) is 105 Å². The number of para-hydroxylation sites is 1. The van der Waals surface area contributed by atoms with Crippen LogP contribution >= 0.6 is 7.94 Å². The molecule has 36 heavy (non-hydrogen) atoms. The maximum atomic E-state index is 6.63. The molecule has 0 unspecified atom stereocenters. The Hall–Kier alpha value is -1.41. The molecule has 3 nitrogen and oxygen atoms in total. The van der Waals surface area contributed by atoms with Crippen LogP contribution < -0.4 is 9.83 Å². The van der Waals surface area contributed by atoms with Crippen LogP contribution in [-0.4, -0.2) is 13.2 Å². The molecule has 0 fully saturated rings. The predicted octanol–water partition coefficient (Wildman–Crippen LogP) is 9.91. The first-order valence-corrected chi connectivity index (χ1v) is 16.3. The van der Waals surface area contributed by atoms with E-state index in [-0.39, 0.29) is 0 Å². The predicted molar refractivity (Wildman–Crippen MR) is 158 cm³/mol. The number of rotatable bonds is 21. The van der Waals surface area contributed by atoms with Crippen LogP contribution in [0.1, 0.15) is 105 Å². The van der Waals surface area contributed by atoms with Crippen molar-refractivity contribution >= 4 is 13.2 Å². The van der Waals surface area contributed by atoms with Crippen LogP contribution in [0.3, 0.4) is 0 Å². The van der Waals surface area contributed by atoms with Gasteiger partial charge in [-0.3, -0.25) is 0 Å². The number of unbranched alkanes of at least 4 members (excludes halogenated alkanes) is 8. The second kappa shape index (κ2) is 18.8. The molecular formula is C32H53O3P. The third-order valence-corrected chi connectivity index (χ3v) is 9.27. The zero-order chi connectivity index (χ0) is 25.9. The quantitative estimate of drug-likeness (QED) is 0.122. The second-order valence-corrected chi connectivity index (χ2v) is 13.4. The molecule has 0 atom stereocenters. The van der Waals surface area contributed by atoms with Gasteiger partial charge in [0.05, 0.1) is 0 Å². The molecule has 0 amide bonds. The van der Waals surface area contributed by atoms with Crippen molar-refractivity contribution in [3.05, 3.63) is 60.7 Å². The summed E-state index contributed by atoms with van der Waals surface area (Å²) in [6.07, 6.45) is 15.0. The van der Waals surface area contributed by atoms with Gasteiger partial charge in [0.25, 0.3) is 0 Å². The Labute approximate surface area is 222 Å². The molecule has 0 aliphatic rings. The van der Waals surface area contributed by atoms with Crippen LogP contribution in [0.25, 0.3) is 0 Å². The van der Waals surface area contributed by atoms with Crippen LogP contribution in [0.4, 0.5) is 0 Å². The van der Waals surface area contributed by atoms with E-state index in [4.69, 9.17) is 13.6 Å². The maximum absolute atomic E-state index is 6.63. The first-order valence-electron chi connectivity index (χ1n) is 14.6. The van der Waals surface area contributed by atoms with Gasteiger partial charge in [0.15, 0.2) is 0 Å². The standard InChI is InChI=1S/C32H53O3P/c1-29(2)21-13-7-5-9-19-27-33-36(32-25-17-12-18-26-32,35-31-23-15-11-16-24-31)34-28-20-10-6-8-14-22-30(3)4/h11-12,15-18,23-26,29-30,36H,5-10,13-14,19-22,27-28H2,1-4H3. The molecule has 0 spiro atoms. The summed E-state index contributed by atoms with van der Waals surface area (Å²) in [5.41, 5.74) is 0. The van der Waals surface area contributed by atoms with Crippen molar-refractivity contribution in [3.8, 4) is 5.75 Å². The van der Waals surface area contributed by atoms with Crippen LogP contribution in [0.15, 0.2) is 60.7 Å². The Morgan fingerprint density at radius 3 is 1.42 bits per heavy atom. The van der Waals surface area contributed by atoms with Crippen molar-refractivity contribution in [2.24, 2.45) is 11.8 Å². The van der Waals surface area contributed by atoms with Crippen molar-refractivity contribution in [1.29, 1.82) is 0 Å². The summed E-state index contributed by atoms with van der Waals surface area (Å²) in [4.78, 5) is 0. The van der Waals surface area contributed by atoms with Crippen LogP contribution in [0.5, 0.6) is 5.75 Å². The van der Waals surface area contributed by atoms with E-state index in [0.717, 1.165) is 35.7 Å². The molecular weight excluding hydrogens is 463 g/mol. The van der Waals surface area contributed by atoms with Gasteiger partial charge in [-0.05, 0) is 0 Å². The van der Waals surface area contributed by atoms with E-state index >= 15 is 0 Å². The molecule has 0 aliphatic heterocycles. The molecule has 0 radical (unpaired) electrons. The van der Waals surface area contributed by atoms with E-state index in [1.54, 1.807) is 0 Å². The molecule has 0 saturated heterocycles. The average molecular weight is 517 g/mol. The molecule has 204 valence electrons. The van der Waals surface area contributed by atoms with Crippen molar-refractivity contribution in [2.75, 3.05) is 13.2 Å². The molecule has 0 heterocycles. The number of hydrogen-bond donors (Lipinski definition) is 0. The van der Waals surface area contributed by atoms with Gasteiger partial charge >= 0.3 is 223 Å². The molecule has 0 aromatic heterocycles. The van der Waals surface area contributed by atoms with Gasteiger partial charge in [0.2, 0.25) is 0 Å². The zero-order valence-corrected chi connectivity index (χ0v) is 24.6. The van der Waals surface area contributed by atoms with E-state index in [2.05, 4.69) is 52.0 Å². The molecule has 0 N–H and O–H groups in total. The Bertz CT molecular complexity index is 739. The summed E-state index contributed by atoms with van der Waals surface area (Å²) in [5, 5.41) is 1.04. The fourth-order valence-corrected chi connectivity index (χ4v) is 6.92. The SMILES string of the molecule is CC(C)CCCCCCCO[PH](OCCCCCCCC(C)C)(Oc1ccccc1)c1ccccc1. The zero-order valence-electron chi connectivity index (χ0n) is 23.6. The van der Waals surface area contributed by atoms with Gasteiger partial charge in [-0.1, -0.05) is 0 Å². The second-order valence-electron chi connectivity index (χ2n) is 10.9. The van der Waals surface area contributed by atoms with Crippen molar-refractivity contribution < 1.29 is 13.6 Å². The van der Waals surface area contributed by atoms with Gasteiger partial charge in [0.1, 0.15) is 0 Å². The Kier molecular flexibility index (Phi) is 16.1. The van der Waals surface area contributed by atoms with E-state index < -0.39 is 7.94 Å². The molecule has 2 rings (SSSR count). The Balaban J connectivity index is 1.95. The topological polar surface area (TPSA) is 27.7 Å². The van der Waals surface area contributed by atoms with Gasteiger partial charge in [-0.25, -0.2) is 0 Å². The number of benzene rings is 2. The van der Waals surface area contributed by atoms with E-state index in [1.807, 2.05) is 36.4 Å². The monoisotopic (exact) mass is 516 g/mol. The fourth-order valence-electron chi connectivity index (χ4n) is 4.40. The Morgan fingerprint density at radius 2 is 0.944 bits per heavy atom. The third-order valence-electron chi connectivity index (χ3n) is 6.56. The van der Waals surface area contributed by atoms with Crippen molar-refractivity contribution in [3.63, 3.8) is 0 Å². The summed E-state index contributed by atoms with van der Waals surface area (Å²) in [5.74, 6) is 2.42. The first-order chi connectivity index (χ1) is 17.5. The van der Waals surface area contributed by atoms with Crippen molar-refractivity contribution in [1.82, 2.24) is 0 Å². The van der Waals surface area contributed by atoms with Crippen LogP contribution in [-0.2, 0) is 9.05 Å². The van der Waals surface area contributed by atoms with Crippen LogP contribution in [0, 0.1) is 11.8 Å². The molecule has 2 aromatic rings. The molecule has 0 saturated carbocycles. The fraction of sp³-hybridized carbons (Fsp3) is 0.625. The normalized spacial score (nSPS) is 12.4. The van der Waals surface area contributed by atoms with E-state index in [0.29, 0.717) is 13.2 Å². The first kappa shape index (κ1) is 30.8. The average Bonchev–Trinajstić information content (AvgIpc) is 2.87. The molecule has 0 bridgehead atoms. The molecule has 0 aliphatic carbocycles. The van der Waals surface area contributed by atoms with Gasteiger partial charge < -0.3 is 0 Å². The van der Waals surface area contributed by atoms with E-state index in [9.17, 15) is 0 Å². The summed E-state index contributed by atoms with van der Waals surface area (Å²) in [7, 11) is -3.09. The minimum absolute atomic E-state index is 0.674. The molecule has 2 aromatic carbocycles. The van der Waals surface area contributed by atoms with Gasteiger partial charge in [0, 0.05) is 0 Å². The Morgan fingerprint density at radius 1 is 0.528 bits per heavy atom. The summed E-state index contributed by atoms with van der Waals surface area (Å²) >= 11 is 0. The number of hydrogen-bond acceptors (Lipinski definition) is 3. The van der Waals surface area contributed by atoms with Gasteiger partial charge in [-0.15, -0.1) is 0 Å². The summed E-state index contributed by atoms with van der Waals surface area (Å²) < 4.78 is 19.9. The third kappa shape index (κ3) is 13.2. The van der Waals surface area contributed by atoms with Crippen LogP contribution in [0.2, 0.25) is 0 Å². The minimum atomic E-state index is -3.09. The summed E-state index contributed by atoms with van der Waals surface area (Å²) in [6.45, 7) is 10.6. The molecule has 4 heteroatoms.